The molecule has 10 heteroatoms. The van der Waals surface area contributed by atoms with Crippen molar-refractivity contribution >= 4 is 18.0 Å². The maximum absolute atomic E-state index is 12.5. The summed E-state index contributed by atoms with van der Waals surface area (Å²) in [5.41, 5.74) is 1.79. The number of piperidine rings is 1. The minimum Gasteiger partial charge on any atom is -0.444 e. The summed E-state index contributed by atoms with van der Waals surface area (Å²) in [5.74, 6) is -0.375. The Balaban J connectivity index is 1.69. The Hall–Kier alpha value is -2.07. The van der Waals surface area contributed by atoms with Crippen molar-refractivity contribution in [3.63, 3.8) is 0 Å². The van der Waals surface area contributed by atoms with Crippen LogP contribution < -0.4 is 10.8 Å². The Morgan fingerprint density at radius 1 is 1.21 bits per heavy atom. The van der Waals surface area contributed by atoms with Gasteiger partial charge in [0.05, 0.1) is 19.3 Å². The molecule has 28 heavy (non-hydrogen) atoms. The molecular formula is C18H32N4O6. The van der Waals surface area contributed by atoms with Gasteiger partial charge in [-0.05, 0) is 40.0 Å². The number of nitrogens with one attached hydrogen (secondary N) is 2. The molecule has 1 unspecified atom stereocenters. The first kappa shape index (κ1) is 22.2. The Kier molecular flexibility index (Phi) is 7.88. The summed E-state index contributed by atoms with van der Waals surface area (Å²) in [7, 11) is 0. The lowest BCUT2D eigenvalue weighted by atomic mass is 10.0. The average Bonchev–Trinajstić information content (AvgIpc) is 2.84. The van der Waals surface area contributed by atoms with Crippen molar-refractivity contribution in [2.45, 2.75) is 71.1 Å². The van der Waals surface area contributed by atoms with Gasteiger partial charge in [0.2, 0.25) is 0 Å². The van der Waals surface area contributed by atoms with Gasteiger partial charge in [0, 0.05) is 13.1 Å². The molecule has 160 valence electrons. The van der Waals surface area contributed by atoms with E-state index >= 15 is 0 Å². The molecule has 2 aliphatic rings. The Labute approximate surface area is 165 Å². The van der Waals surface area contributed by atoms with E-state index in [0.29, 0.717) is 26.0 Å². The van der Waals surface area contributed by atoms with E-state index < -0.39 is 17.7 Å². The minimum absolute atomic E-state index is 0.00708. The van der Waals surface area contributed by atoms with Crippen molar-refractivity contribution in [1.29, 1.82) is 0 Å². The van der Waals surface area contributed by atoms with Crippen LogP contribution in [-0.4, -0.2) is 72.0 Å². The molecule has 10 nitrogen and oxygen atoms in total. The van der Waals surface area contributed by atoms with E-state index in [4.69, 9.17) is 14.4 Å². The number of unbranched alkanes of at least 4 members (excludes halogenated alkanes) is 1. The van der Waals surface area contributed by atoms with Crippen LogP contribution in [0.25, 0.3) is 0 Å². The fourth-order valence-electron chi connectivity index (χ4n) is 3.09. The van der Waals surface area contributed by atoms with Crippen molar-refractivity contribution in [2.75, 3.05) is 26.3 Å². The molecule has 2 fully saturated rings. The Morgan fingerprint density at radius 2 is 1.96 bits per heavy atom. The molecule has 2 N–H and O–H groups in total. The summed E-state index contributed by atoms with van der Waals surface area (Å²) in [4.78, 5) is 48.6. The van der Waals surface area contributed by atoms with Crippen LogP contribution in [0.5, 0.6) is 0 Å². The number of hydrogen-bond donors (Lipinski definition) is 2. The number of carbonyl (C=O) groups is 3. The SMILES string of the molecule is CCCCON1C(=O)N2CC1CC[C@H]2C(=O)NOCCNC(=O)OC(C)(C)C. The van der Waals surface area contributed by atoms with Crippen LogP contribution in [0, 0.1) is 0 Å². The van der Waals surface area contributed by atoms with Crippen LogP contribution in [0.2, 0.25) is 0 Å². The van der Waals surface area contributed by atoms with E-state index in [9.17, 15) is 14.4 Å². The Morgan fingerprint density at radius 3 is 2.64 bits per heavy atom. The lowest BCUT2D eigenvalue weighted by Crippen LogP contribution is -2.50. The van der Waals surface area contributed by atoms with Crippen molar-refractivity contribution in [2.24, 2.45) is 0 Å². The lowest BCUT2D eigenvalue weighted by molar-refractivity contribution is -0.138. The topological polar surface area (TPSA) is 109 Å². The van der Waals surface area contributed by atoms with Crippen molar-refractivity contribution in [1.82, 2.24) is 20.8 Å². The highest BCUT2D eigenvalue weighted by atomic mass is 16.7. The predicted molar refractivity (Wildman–Crippen MR) is 99.9 cm³/mol. The second-order valence-corrected chi connectivity index (χ2v) is 7.94. The van der Waals surface area contributed by atoms with E-state index in [2.05, 4.69) is 17.7 Å². The molecule has 2 saturated heterocycles. The van der Waals surface area contributed by atoms with Gasteiger partial charge in [0.25, 0.3) is 5.91 Å². The molecular weight excluding hydrogens is 368 g/mol. The number of hydrogen-bond acceptors (Lipinski definition) is 6. The van der Waals surface area contributed by atoms with Crippen LogP contribution in [0.1, 0.15) is 53.4 Å². The van der Waals surface area contributed by atoms with E-state index in [0.717, 1.165) is 12.8 Å². The van der Waals surface area contributed by atoms with Crippen LogP contribution >= 0.6 is 0 Å². The largest absolute Gasteiger partial charge is 0.444 e. The van der Waals surface area contributed by atoms with Gasteiger partial charge in [-0.1, -0.05) is 13.3 Å². The van der Waals surface area contributed by atoms with E-state index in [-0.39, 0.29) is 31.1 Å². The van der Waals surface area contributed by atoms with Gasteiger partial charge in [-0.15, -0.1) is 0 Å². The highest BCUT2D eigenvalue weighted by Gasteiger charge is 2.47. The first-order chi connectivity index (χ1) is 13.2. The quantitative estimate of drug-likeness (QED) is 0.449. The smallest absolute Gasteiger partial charge is 0.407 e. The fraction of sp³-hybridized carbons (Fsp3) is 0.833. The van der Waals surface area contributed by atoms with E-state index in [1.165, 1.54) is 9.96 Å². The van der Waals surface area contributed by atoms with Gasteiger partial charge < -0.3 is 15.0 Å². The molecule has 2 heterocycles. The number of urea groups is 1. The van der Waals surface area contributed by atoms with E-state index in [1.807, 2.05) is 0 Å². The molecule has 2 atom stereocenters. The summed E-state index contributed by atoms with van der Waals surface area (Å²) in [5, 5.41) is 3.94. The summed E-state index contributed by atoms with van der Waals surface area (Å²) in [6.07, 6.45) is 2.57. The van der Waals surface area contributed by atoms with Gasteiger partial charge in [0.15, 0.2) is 0 Å². The normalized spacial score (nSPS) is 21.6. The molecule has 0 radical (unpaired) electrons. The van der Waals surface area contributed by atoms with Crippen LogP contribution in [0.4, 0.5) is 9.59 Å². The number of alkyl carbamates (subject to hydrolysis) is 1. The third-order valence-corrected chi connectivity index (χ3v) is 4.40. The Bertz CT molecular complexity index is 565. The van der Waals surface area contributed by atoms with Gasteiger partial charge >= 0.3 is 12.1 Å². The van der Waals surface area contributed by atoms with Gasteiger partial charge in [-0.25, -0.2) is 15.1 Å². The maximum atomic E-state index is 12.5. The number of rotatable bonds is 9. The summed E-state index contributed by atoms with van der Waals surface area (Å²) in [6, 6.07) is -0.861. The molecule has 0 saturated carbocycles. The number of hydroxylamine groups is 3. The van der Waals surface area contributed by atoms with Crippen LogP contribution in [0.15, 0.2) is 0 Å². The zero-order valence-electron chi connectivity index (χ0n) is 17.2. The number of fused-ring (bicyclic) bond motifs is 2. The second kappa shape index (κ2) is 9.92. The number of amides is 4. The van der Waals surface area contributed by atoms with Gasteiger partial charge in [-0.2, -0.15) is 5.06 Å². The highest BCUT2D eigenvalue weighted by Crippen LogP contribution is 2.30. The third-order valence-electron chi connectivity index (χ3n) is 4.40. The standard InChI is InChI=1S/C18H32N4O6/c1-5-6-10-27-22-13-7-8-14(21(12-13)17(22)25)15(23)20-26-11-9-19-16(24)28-18(2,3)4/h13-14H,5-12H2,1-4H3,(H,19,24)(H,20,23)/t13?,14-/m0/s1. The number of ether oxygens (including phenoxy) is 1. The van der Waals surface area contributed by atoms with Crippen molar-refractivity contribution in [3.05, 3.63) is 0 Å². The average molecular weight is 400 g/mol. The molecule has 4 amide bonds. The monoisotopic (exact) mass is 400 g/mol. The summed E-state index contributed by atoms with van der Waals surface area (Å²) in [6.45, 7) is 8.61. The zero-order chi connectivity index (χ0) is 20.7. The first-order valence-corrected chi connectivity index (χ1v) is 9.84. The van der Waals surface area contributed by atoms with Crippen molar-refractivity contribution in [3.8, 4) is 0 Å². The second-order valence-electron chi connectivity index (χ2n) is 7.94. The third kappa shape index (κ3) is 6.23. The molecule has 0 aromatic heterocycles. The van der Waals surface area contributed by atoms with Gasteiger partial charge in [-0.3, -0.25) is 14.5 Å². The van der Waals surface area contributed by atoms with E-state index in [1.54, 1.807) is 20.8 Å². The molecule has 0 aromatic carbocycles. The molecule has 0 aliphatic carbocycles. The highest BCUT2D eigenvalue weighted by molar-refractivity contribution is 5.88. The number of nitrogens with zero attached hydrogens (tertiary/aromatic N) is 2. The molecule has 0 spiro atoms. The van der Waals surface area contributed by atoms with Crippen LogP contribution in [-0.2, 0) is 19.2 Å². The number of carbonyl (C=O) groups excluding carboxylic acids is 3. The molecule has 2 aliphatic heterocycles. The predicted octanol–water partition coefficient (Wildman–Crippen LogP) is 1.56. The van der Waals surface area contributed by atoms with Crippen molar-refractivity contribution < 1.29 is 28.8 Å². The molecule has 2 rings (SSSR count). The zero-order valence-corrected chi connectivity index (χ0v) is 17.2. The maximum Gasteiger partial charge on any atom is 0.407 e. The van der Waals surface area contributed by atoms with Gasteiger partial charge in [0.1, 0.15) is 11.6 Å². The fourth-order valence-corrected chi connectivity index (χ4v) is 3.09. The first-order valence-electron chi connectivity index (χ1n) is 9.84. The summed E-state index contributed by atoms with van der Waals surface area (Å²) >= 11 is 0. The lowest BCUT2D eigenvalue weighted by Gasteiger charge is -2.29. The molecule has 0 aromatic rings. The minimum atomic E-state index is -0.581. The molecule has 2 bridgehead atoms. The summed E-state index contributed by atoms with van der Waals surface area (Å²) < 4.78 is 5.10. The van der Waals surface area contributed by atoms with Crippen LogP contribution in [0.3, 0.4) is 0 Å².